The molecule has 4 heterocycles. The molecule has 1 saturated heterocycles. The summed E-state index contributed by atoms with van der Waals surface area (Å²) in [5.74, 6) is -0.106. The van der Waals surface area contributed by atoms with Gasteiger partial charge in [0.05, 0.1) is 11.7 Å². The van der Waals surface area contributed by atoms with E-state index in [4.69, 9.17) is 27.2 Å². The predicted molar refractivity (Wildman–Crippen MR) is 144 cm³/mol. The molecule has 1 fully saturated rings. The summed E-state index contributed by atoms with van der Waals surface area (Å²) in [5, 5.41) is 12.0. The number of ether oxygens (including phenoxy) is 1. The van der Waals surface area contributed by atoms with Gasteiger partial charge in [0.25, 0.3) is 5.91 Å². The van der Waals surface area contributed by atoms with Gasteiger partial charge in [-0.1, -0.05) is 25.4 Å². The minimum Gasteiger partial charge on any atom is -0.434 e. The second kappa shape index (κ2) is 11.1. The standard InChI is InChI=1S/C26H29ClF2N8O2/c1-15(2)13-35-10-6-17(7-11-35)37-14-19(22(33-37)18-12-16(27)4-5-20(18)39-26(28)29)32-25(38)21-23(30)34-36-9-3-8-31-24(21)36/h3-5,8-9,12,14-15,17,26H,6-7,10-11,13H2,1-2H3,(H2,30,34)(H,32,38). The highest BCUT2D eigenvalue weighted by molar-refractivity contribution is 6.31. The number of carbonyl (C=O) groups excluding carboxylic acids is 1. The molecule has 0 spiro atoms. The fourth-order valence-corrected chi connectivity index (χ4v) is 5.12. The highest BCUT2D eigenvalue weighted by atomic mass is 35.5. The van der Waals surface area contributed by atoms with Gasteiger partial charge in [-0.3, -0.25) is 9.48 Å². The maximum Gasteiger partial charge on any atom is 0.387 e. The van der Waals surface area contributed by atoms with Crippen LogP contribution in [0.4, 0.5) is 20.3 Å². The summed E-state index contributed by atoms with van der Waals surface area (Å²) in [4.78, 5) is 20.1. The van der Waals surface area contributed by atoms with Gasteiger partial charge in [-0.25, -0.2) is 9.50 Å². The smallest absolute Gasteiger partial charge is 0.387 e. The zero-order valence-corrected chi connectivity index (χ0v) is 22.3. The Hall–Kier alpha value is -3.77. The number of rotatable bonds is 8. The van der Waals surface area contributed by atoms with E-state index < -0.39 is 12.5 Å². The maximum atomic E-state index is 13.4. The van der Waals surface area contributed by atoms with E-state index in [9.17, 15) is 13.6 Å². The van der Waals surface area contributed by atoms with E-state index in [1.54, 1.807) is 23.1 Å². The molecular formula is C26H29ClF2N8O2. The van der Waals surface area contributed by atoms with Crippen molar-refractivity contribution >= 4 is 34.7 Å². The number of amides is 1. The molecule has 0 saturated carbocycles. The Labute approximate surface area is 228 Å². The van der Waals surface area contributed by atoms with Gasteiger partial charge < -0.3 is 20.7 Å². The average Bonchev–Trinajstić information content (AvgIpc) is 3.45. The Morgan fingerprint density at radius 3 is 2.74 bits per heavy atom. The zero-order chi connectivity index (χ0) is 27.7. The van der Waals surface area contributed by atoms with Crippen molar-refractivity contribution in [3.8, 4) is 17.0 Å². The topological polar surface area (TPSA) is 116 Å². The largest absolute Gasteiger partial charge is 0.434 e. The van der Waals surface area contributed by atoms with Crippen LogP contribution in [-0.2, 0) is 0 Å². The zero-order valence-electron chi connectivity index (χ0n) is 21.5. The average molecular weight is 559 g/mol. The van der Waals surface area contributed by atoms with Crippen LogP contribution in [0.5, 0.6) is 5.75 Å². The van der Waals surface area contributed by atoms with Gasteiger partial charge in [0.2, 0.25) is 0 Å². The Balaban J connectivity index is 1.52. The molecule has 1 aliphatic rings. The monoisotopic (exact) mass is 558 g/mol. The van der Waals surface area contributed by atoms with Crippen molar-refractivity contribution in [2.24, 2.45) is 5.92 Å². The van der Waals surface area contributed by atoms with E-state index >= 15 is 0 Å². The summed E-state index contributed by atoms with van der Waals surface area (Å²) in [6.45, 7) is 4.15. The molecule has 4 aromatic rings. The SMILES string of the molecule is CC(C)CN1CCC(n2cc(NC(=O)c3c(N)nn4cccnc34)c(-c3cc(Cl)ccc3OC(F)F)n2)CC1. The molecule has 10 nitrogen and oxygen atoms in total. The number of piperidine rings is 1. The number of likely N-dealkylation sites (tertiary alicyclic amines) is 1. The number of halogens is 3. The Bertz CT molecular complexity index is 1480. The summed E-state index contributed by atoms with van der Waals surface area (Å²) in [5.41, 5.74) is 7.18. The molecule has 0 radical (unpaired) electrons. The van der Waals surface area contributed by atoms with Crippen LogP contribution in [-0.4, -0.2) is 61.4 Å². The number of hydrogen-bond acceptors (Lipinski definition) is 7. The van der Waals surface area contributed by atoms with Crippen molar-refractivity contribution in [3.05, 3.63) is 53.4 Å². The number of hydrogen-bond donors (Lipinski definition) is 2. The maximum absolute atomic E-state index is 13.4. The molecule has 1 amide bonds. The summed E-state index contributed by atoms with van der Waals surface area (Å²) in [6, 6.07) is 6.01. The normalized spacial score (nSPS) is 14.9. The lowest BCUT2D eigenvalue weighted by Gasteiger charge is -2.33. The van der Waals surface area contributed by atoms with Crippen LogP contribution in [0.25, 0.3) is 16.9 Å². The lowest BCUT2D eigenvalue weighted by Crippen LogP contribution is -2.37. The highest BCUT2D eigenvalue weighted by Crippen LogP contribution is 2.38. The predicted octanol–water partition coefficient (Wildman–Crippen LogP) is 4.98. The molecule has 0 aliphatic carbocycles. The number of nitrogens with two attached hydrogens (primary N) is 1. The second-order valence-electron chi connectivity index (χ2n) is 9.92. The second-order valence-corrected chi connectivity index (χ2v) is 10.4. The fraction of sp³-hybridized carbons (Fsp3) is 0.385. The first-order chi connectivity index (χ1) is 18.7. The van der Waals surface area contributed by atoms with E-state index in [-0.39, 0.29) is 40.1 Å². The van der Waals surface area contributed by atoms with Gasteiger partial charge in [0, 0.05) is 48.8 Å². The fourth-order valence-electron chi connectivity index (χ4n) is 4.94. The quantitative estimate of drug-likeness (QED) is 0.313. The number of nitrogens with zero attached hydrogens (tertiary/aromatic N) is 6. The van der Waals surface area contributed by atoms with Crippen molar-refractivity contribution in [1.82, 2.24) is 29.3 Å². The molecular weight excluding hydrogens is 530 g/mol. The van der Waals surface area contributed by atoms with E-state index in [1.807, 2.05) is 0 Å². The molecule has 0 unspecified atom stereocenters. The summed E-state index contributed by atoms with van der Waals surface area (Å²) >= 11 is 6.24. The lowest BCUT2D eigenvalue weighted by molar-refractivity contribution is -0.0494. The Morgan fingerprint density at radius 2 is 2.03 bits per heavy atom. The van der Waals surface area contributed by atoms with Crippen LogP contribution >= 0.6 is 11.6 Å². The van der Waals surface area contributed by atoms with Gasteiger partial charge in [-0.15, -0.1) is 5.10 Å². The molecule has 39 heavy (non-hydrogen) atoms. The molecule has 0 atom stereocenters. The van der Waals surface area contributed by atoms with Crippen LogP contribution in [0, 0.1) is 5.92 Å². The van der Waals surface area contributed by atoms with Crippen LogP contribution in [0.1, 0.15) is 43.1 Å². The first-order valence-corrected chi connectivity index (χ1v) is 13.0. The summed E-state index contributed by atoms with van der Waals surface area (Å²) in [6.07, 6.45) is 6.56. The number of anilines is 2. The number of nitrogens with one attached hydrogen (secondary N) is 1. The van der Waals surface area contributed by atoms with E-state index in [0.717, 1.165) is 32.5 Å². The number of fused-ring (bicyclic) bond motifs is 1. The lowest BCUT2D eigenvalue weighted by atomic mass is 10.0. The summed E-state index contributed by atoms with van der Waals surface area (Å²) in [7, 11) is 0. The molecule has 5 rings (SSSR count). The third kappa shape index (κ3) is 5.81. The van der Waals surface area contributed by atoms with Crippen molar-refractivity contribution in [2.45, 2.75) is 39.3 Å². The third-order valence-electron chi connectivity index (χ3n) is 6.60. The molecule has 0 bridgehead atoms. The molecule has 1 aromatic carbocycles. The minimum absolute atomic E-state index is 0.00199. The Kier molecular flexibility index (Phi) is 7.67. The van der Waals surface area contributed by atoms with Gasteiger partial charge in [0.15, 0.2) is 11.5 Å². The summed E-state index contributed by atoms with van der Waals surface area (Å²) < 4.78 is 34.4. The first kappa shape index (κ1) is 26.8. The number of carbonyl (C=O) groups is 1. The minimum atomic E-state index is -3.06. The molecule has 3 N–H and O–H groups in total. The van der Waals surface area contributed by atoms with Gasteiger partial charge in [-0.2, -0.15) is 13.9 Å². The molecule has 206 valence electrons. The van der Waals surface area contributed by atoms with E-state index in [0.29, 0.717) is 16.6 Å². The number of aromatic nitrogens is 5. The molecule has 3 aromatic heterocycles. The van der Waals surface area contributed by atoms with Gasteiger partial charge >= 0.3 is 6.61 Å². The van der Waals surface area contributed by atoms with Gasteiger partial charge in [0.1, 0.15) is 17.0 Å². The first-order valence-electron chi connectivity index (χ1n) is 12.7. The number of alkyl halides is 2. The molecule has 1 aliphatic heterocycles. The third-order valence-corrected chi connectivity index (χ3v) is 6.83. The van der Waals surface area contributed by atoms with Gasteiger partial charge in [-0.05, 0) is 43.0 Å². The highest BCUT2D eigenvalue weighted by Gasteiger charge is 2.27. The number of nitrogen functional groups attached to an aromatic ring is 1. The number of benzene rings is 1. The molecule has 13 heteroatoms. The van der Waals surface area contributed by atoms with Crippen LogP contribution < -0.4 is 15.8 Å². The van der Waals surface area contributed by atoms with Crippen molar-refractivity contribution < 1.29 is 18.3 Å². The van der Waals surface area contributed by atoms with Crippen LogP contribution in [0.2, 0.25) is 5.02 Å². The van der Waals surface area contributed by atoms with Crippen molar-refractivity contribution in [2.75, 3.05) is 30.7 Å². The van der Waals surface area contributed by atoms with Crippen LogP contribution in [0.3, 0.4) is 0 Å². The van der Waals surface area contributed by atoms with Crippen molar-refractivity contribution in [3.63, 3.8) is 0 Å². The van der Waals surface area contributed by atoms with Crippen molar-refractivity contribution in [1.29, 1.82) is 0 Å². The Morgan fingerprint density at radius 1 is 1.26 bits per heavy atom. The van der Waals surface area contributed by atoms with E-state index in [2.05, 4.69) is 34.1 Å². The van der Waals surface area contributed by atoms with E-state index in [1.165, 1.54) is 28.9 Å². The van der Waals surface area contributed by atoms with Crippen LogP contribution in [0.15, 0.2) is 42.9 Å².